The molecule has 0 aliphatic heterocycles. The van der Waals surface area contributed by atoms with Crippen molar-refractivity contribution in [2.24, 2.45) is 5.92 Å². The Hall–Kier alpha value is -1.06. The lowest BCUT2D eigenvalue weighted by Crippen LogP contribution is -2.17. The molecule has 1 unspecified atom stereocenters. The van der Waals surface area contributed by atoms with Crippen molar-refractivity contribution >= 4 is 11.9 Å². The van der Waals surface area contributed by atoms with Crippen molar-refractivity contribution in [1.29, 1.82) is 0 Å². The van der Waals surface area contributed by atoms with E-state index < -0.39 is 0 Å². The molecule has 4 heteroatoms. The Kier molecular flexibility index (Phi) is 18.9. The Labute approximate surface area is 167 Å². The third kappa shape index (κ3) is 16.8. The van der Waals surface area contributed by atoms with E-state index in [1.807, 2.05) is 13.8 Å². The van der Waals surface area contributed by atoms with Crippen molar-refractivity contribution in [1.82, 2.24) is 0 Å². The van der Waals surface area contributed by atoms with Crippen molar-refractivity contribution in [2.75, 3.05) is 13.2 Å². The number of ether oxygens (including phenoxy) is 2. The summed E-state index contributed by atoms with van der Waals surface area (Å²) in [5, 5.41) is 0. The van der Waals surface area contributed by atoms with Gasteiger partial charge in [0.25, 0.3) is 0 Å². The summed E-state index contributed by atoms with van der Waals surface area (Å²) >= 11 is 0. The summed E-state index contributed by atoms with van der Waals surface area (Å²) in [6.45, 7) is 7.23. The Morgan fingerprint density at radius 3 is 1.67 bits per heavy atom. The van der Waals surface area contributed by atoms with E-state index in [2.05, 4.69) is 6.92 Å². The molecule has 0 N–H and O–H groups in total. The summed E-state index contributed by atoms with van der Waals surface area (Å²) in [6, 6.07) is 0. The van der Waals surface area contributed by atoms with Crippen LogP contribution >= 0.6 is 0 Å². The Morgan fingerprint density at radius 2 is 1.15 bits per heavy atom. The van der Waals surface area contributed by atoms with Crippen LogP contribution in [0.15, 0.2) is 0 Å². The standard InChI is InChI=1S/C23H44O4/c1-4-19-26-22(24)18-16-14-12-10-8-7-9-11-13-15-17-21(6-3)23(25)27-20-5-2/h21H,4-20H2,1-3H3. The number of carbonyl (C=O) groups excluding carboxylic acids is 2. The lowest BCUT2D eigenvalue weighted by atomic mass is 9.98. The van der Waals surface area contributed by atoms with Crippen LogP contribution < -0.4 is 0 Å². The molecule has 0 fully saturated rings. The SMILES string of the molecule is CCCOC(=O)CCCCCCCCCCCCC(CC)C(=O)OCCC. The lowest BCUT2D eigenvalue weighted by molar-refractivity contribution is -0.149. The number of esters is 2. The topological polar surface area (TPSA) is 52.6 Å². The zero-order valence-electron chi connectivity index (χ0n) is 18.2. The first-order chi connectivity index (χ1) is 13.2. The summed E-state index contributed by atoms with van der Waals surface area (Å²) in [7, 11) is 0. The maximum absolute atomic E-state index is 11.9. The number of hydrogen-bond donors (Lipinski definition) is 0. The van der Waals surface area contributed by atoms with Gasteiger partial charge >= 0.3 is 11.9 Å². The maximum Gasteiger partial charge on any atom is 0.308 e. The predicted molar refractivity (Wildman–Crippen MR) is 112 cm³/mol. The van der Waals surface area contributed by atoms with E-state index in [1.165, 1.54) is 44.9 Å². The van der Waals surface area contributed by atoms with Gasteiger partial charge in [0.05, 0.1) is 19.1 Å². The van der Waals surface area contributed by atoms with Crippen LogP contribution in [-0.4, -0.2) is 25.2 Å². The van der Waals surface area contributed by atoms with E-state index in [1.54, 1.807) is 0 Å². The van der Waals surface area contributed by atoms with Crippen LogP contribution in [0.1, 0.15) is 117 Å². The molecular formula is C23H44O4. The minimum atomic E-state index is -0.0409. The van der Waals surface area contributed by atoms with E-state index in [-0.39, 0.29) is 17.9 Å². The predicted octanol–water partition coefficient (Wildman–Crippen LogP) is 6.60. The van der Waals surface area contributed by atoms with Crippen LogP contribution in [0.4, 0.5) is 0 Å². The molecule has 160 valence electrons. The molecule has 0 aliphatic carbocycles. The second-order valence-corrected chi connectivity index (χ2v) is 7.57. The van der Waals surface area contributed by atoms with Crippen LogP contribution in [0.2, 0.25) is 0 Å². The zero-order chi connectivity index (χ0) is 20.2. The highest BCUT2D eigenvalue weighted by Gasteiger charge is 2.16. The van der Waals surface area contributed by atoms with E-state index >= 15 is 0 Å². The first-order valence-corrected chi connectivity index (χ1v) is 11.5. The number of carbonyl (C=O) groups is 2. The molecule has 0 bridgehead atoms. The summed E-state index contributed by atoms with van der Waals surface area (Å²) < 4.78 is 10.3. The summed E-state index contributed by atoms with van der Waals surface area (Å²) in [6.07, 6.45) is 16.3. The molecule has 0 aromatic carbocycles. The molecule has 27 heavy (non-hydrogen) atoms. The molecule has 0 saturated heterocycles. The smallest absolute Gasteiger partial charge is 0.308 e. The maximum atomic E-state index is 11.9. The summed E-state index contributed by atoms with van der Waals surface area (Å²) in [4.78, 5) is 23.2. The van der Waals surface area contributed by atoms with Crippen LogP contribution in [0.5, 0.6) is 0 Å². The first kappa shape index (κ1) is 25.9. The lowest BCUT2D eigenvalue weighted by Gasteiger charge is -2.13. The van der Waals surface area contributed by atoms with Gasteiger partial charge in [0, 0.05) is 6.42 Å². The fourth-order valence-electron chi connectivity index (χ4n) is 3.17. The molecule has 1 atom stereocenters. The minimum Gasteiger partial charge on any atom is -0.466 e. The fourth-order valence-corrected chi connectivity index (χ4v) is 3.17. The molecule has 0 rings (SSSR count). The van der Waals surface area contributed by atoms with Crippen molar-refractivity contribution in [3.8, 4) is 0 Å². The number of unbranched alkanes of at least 4 members (excludes halogenated alkanes) is 9. The summed E-state index contributed by atoms with van der Waals surface area (Å²) in [5.74, 6) is 0.0505. The van der Waals surface area contributed by atoms with Crippen molar-refractivity contribution in [3.63, 3.8) is 0 Å². The molecule has 0 aliphatic rings. The molecule has 0 saturated carbocycles. The van der Waals surface area contributed by atoms with Crippen molar-refractivity contribution < 1.29 is 19.1 Å². The van der Waals surface area contributed by atoms with Gasteiger partial charge < -0.3 is 9.47 Å². The average Bonchev–Trinajstić information content (AvgIpc) is 2.68. The van der Waals surface area contributed by atoms with Gasteiger partial charge in [-0.1, -0.05) is 78.6 Å². The van der Waals surface area contributed by atoms with Crippen LogP contribution in [0.3, 0.4) is 0 Å². The van der Waals surface area contributed by atoms with E-state index in [4.69, 9.17) is 9.47 Å². The highest BCUT2D eigenvalue weighted by molar-refractivity contribution is 5.72. The Balaban J connectivity index is 3.37. The first-order valence-electron chi connectivity index (χ1n) is 11.5. The fraction of sp³-hybridized carbons (Fsp3) is 0.913. The van der Waals surface area contributed by atoms with Gasteiger partial charge in [-0.05, 0) is 32.1 Å². The molecular weight excluding hydrogens is 340 g/mol. The van der Waals surface area contributed by atoms with Gasteiger partial charge in [0.15, 0.2) is 0 Å². The quantitative estimate of drug-likeness (QED) is 0.186. The highest BCUT2D eigenvalue weighted by Crippen LogP contribution is 2.17. The average molecular weight is 385 g/mol. The largest absolute Gasteiger partial charge is 0.466 e. The number of rotatable bonds is 19. The number of hydrogen-bond acceptors (Lipinski definition) is 4. The molecule has 0 amide bonds. The monoisotopic (exact) mass is 384 g/mol. The van der Waals surface area contributed by atoms with Crippen molar-refractivity contribution in [2.45, 2.75) is 117 Å². The van der Waals surface area contributed by atoms with E-state index in [0.29, 0.717) is 19.6 Å². The van der Waals surface area contributed by atoms with Gasteiger partial charge in [0.1, 0.15) is 0 Å². The van der Waals surface area contributed by atoms with Gasteiger partial charge in [-0.15, -0.1) is 0 Å². The Bertz CT molecular complexity index is 354. The summed E-state index contributed by atoms with van der Waals surface area (Å²) in [5.41, 5.74) is 0. The van der Waals surface area contributed by atoms with Gasteiger partial charge in [-0.3, -0.25) is 9.59 Å². The van der Waals surface area contributed by atoms with Gasteiger partial charge in [-0.2, -0.15) is 0 Å². The minimum absolute atomic E-state index is 0.00187. The normalized spacial score (nSPS) is 12.0. The van der Waals surface area contributed by atoms with Gasteiger partial charge in [0.2, 0.25) is 0 Å². The van der Waals surface area contributed by atoms with Crippen LogP contribution in [-0.2, 0) is 19.1 Å². The van der Waals surface area contributed by atoms with Crippen LogP contribution in [0.25, 0.3) is 0 Å². The molecule has 0 aromatic heterocycles. The molecule has 0 aromatic rings. The third-order valence-corrected chi connectivity index (χ3v) is 4.93. The molecule has 0 radical (unpaired) electrons. The van der Waals surface area contributed by atoms with Gasteiger partial charge in [-0.25, -0.2) is 0 Å². The van der Waals surface area contributed by atoms with Crippen molar-refractivity contribution in [3.05, 3.63) is 0 Å². The second kappa shape index (κ2) is 19.7. The third-order valence-electron chi connectivity index (χ3n) is 4.93. The second-order valence-electron chi connectivity index (χ2n) is 7.57. The zero-order valence-corrected chi connectivity index (χ0v) is 18.2. The molecule has 4 nitrogen and oxygen atoms in total. The Morgan fingerprint density at radius 1 is 0.667 bits per heavy atom. The van der Waals surface area contributed by atoms with E-state index in [9.17, 15) is 9.59 Å². The molecule has 0 spiro atoms. The van der Waals surface area contributed by atoms with Crippen LogP contribution in [0, 0.1) is 5.92 Å². The van der Waals surface area contributed by atoms with E-state index in [0.717, 1.165) is 44.9 Å². The molecule has 0 heterocycles. The highest BCUT2D eigenvalue weighted by atomic mass is 16.5.